The summed E-state index contributed by atoms with van der Waals surface area (Å²) in [5, 5.41) is 3.53. The van der Waals surface area contributed by atoms with Crippen molar-refractivity contribution in [3.8, 4) is 0 Å². The van der Waals surface area contributed by atoms with E-state index in [9.17, 15) is 4.39 Å². The SMILES string of the molecule is Nc1nc(Cl)cc(NCC(c2ccc(F)cc2)N2CCOCC2)n1. The lowest BCUT2D eigenvalue weighted by molar-refractivity contribution is 0.0187. The molecule has 2 heterocycles. The van der Waals surface area contributed by atoms with Gasteiger partial charge in [-0.3, -0.25) is 4.90 Å². The minimum atomic E-state index is -0.247. The first-order chi connectivity index (χ1) is 11.6. The fourth-order valence-electron chi connectivity index (χ4n) is 2.76. The van der Waals surface area contributed by atoms with E-state index in [-0.39, 0.29) is 23.0 Å². The van der Waals surface area contributed by atoms with E-state index in [0.717, 1.165) is 18.7 Å². The molecule has 1 aliphatic heterocycles. The summed E-state index contributed by atoms with van der Waals surface area (Å²) in [7, 11) is 0. The number of ether oxygens (including phenoxy) is 1. The van der Waals surface area contributed by atoms with Gasteiger partial charge in [0.2, 0.25) is 5.95 Å². The van der Waals surface area contributed by atoms with E-state index in [1.807, 2.05) is 0 Å². The van der Waals surface area contributed by atoms with Gasteiger partial charge < -0.3 is 15.8 Å². The minimum Gasteiger partial charge on any atom is -0.379 e. The molecule has 0 radical (unpaired) electrons. The van der Waals surface area contributed by atoms with E-state index in [0.29, 0.717) is 25.6 Å². The molecule has 1 saturated heterocycles. The molecular formula is C16H19ClFN5O. The summed E-state index contributed by atoms with van der Waals surface area (Å²) < 4.78 is 18.7. The molecule has 0 spiro atoms. The molecule has 0 amide bonds. The van der Waals surface area contributed by atoms with Gasteiger partial charge in [-0.25, -0.2) is 9.37 Å². The lowest BCUT2D eigenvalue weighted by Gasteiger charge is -2.35. The molecule has 0 bridgehead atoms. The van der Waals surface area contributed by atoms with Crippen molar-refractivity contribution in [2.24, 2.45) is 0 Å². The van der Waals surface area contributed by atoms with Gasteiger partial charge in [0.05, 0.1) is 19.3 Å². The Hall–Kier alpha value is -1.96. The first-order valence-corrected chi connectivity index (χ1v) is 8.11. The zero-order chi connectivity index (χ0) is 16.9. The van der Waals surface area contributed by atoms with Crippen LogP contribution in [0.15, 0.2) is 30.3 Å². The van der Waals surface area contributed by atoms with Crippen molar-refractivity contribution >= 4 is 23.4 Å². The van der Waals surface area contributed by atoms with Crippen LogP contribution in [0.5, 0.6) is 0 Å². The molecule has 24 heavy (non-hydrogen) atoms. The van der Waals surface area contributed by atoms with E-state index in [1.165, 1.54) is 12.1 Å². The number of morpholine rings is 1. The molecule has 0 saturated carbocycles. The van der Waals surface area contributed by atoms with Gasteiger partial charge in [-0.05, 0) is 17.7 Å². The number of nitrogens with zero attached hydrogens (tertiary/aromatic N) is 3. The molecule has 1 aliphatic rings. The second kappa shape index (κ2) is 7.74. The number of nitrogens with two attached hydrogens (primary N) is 1. The van der Waals surface area contributed by atoms with Crippen molar-refractivity contribution in [3.63, 3.8) is 0 Å². The molecule has 1 aromatic heterocycles. The fourth-order valence-corrected chi connectivity index (χ4v) is 2.95. The number of aromatic nitrogens is 2. The van der Waals surface area contributed by atoms with Crippen LogP contribution in [0.4, 0.5) is 16.2 Å². The van der Waals surface area contributed by atoms with Crippen molar-refractivity contribution in [1.29, 1.82) is 0 Å². The topological polar surface area (TPSA) is 76.3 Å². The molecule has 1 aromatic carbocycles. The lowest BCUT2D eigenvalue weighted by atomic mass is 10.0. The molecule has 3 rings (SSSR count). The minimum absolute atomic E-state index is 0.0597. The smallest absolute Gasteiger partial charge is 0.223 e. The number of rotatable bonds is 5. The highest BCUT2D eigenvalue weighted by Gasteiger charge is 2.22. The zero-order valence-corrected chi connectivity index (χ0v) is 13.8. The predicted octanol–water partition coefficient (Wildman–Crippen LogP) is 2.34. The molecule has 0 aliphatic carbocycles. The third-order valence-corrected chi connectivity index (χ3v) is 4.12. The van der Waals surface area contributed by atoms with Crippen molar-refractivity contribution in [3.05, 3.63) is 46.9 Å². The summed E-state index contributed by atoms with van der Waals surface area (Å²) in [6, 6.07) is 8.24. The van der Waals surface area contributed by atoms with Crippen LogP contribution >= 0.6 is 11.6 Å². The Morgan fingerprint density at radius 3 is 2.62 bits per heavy atom. The average Bonchev–Trinajstić information content (AvgIpc) is 2.57. The quantitative estimate of drug-likeness (QED) is 0.805. The van der Waals surface area contributed by atoms with Gasteiger partial charge in [0.15, 0.2) is 0 Å². The highest BCUT2D eigenvalue weighted by Crippen LogP contribution is 2.23. The van der Waals surface area contributed by atoms with Gasteiger partial charge in [-0.1, -0.05) is 23.7 Å². The second-order valence-electron chi connectivity index (χ2n) is 5.53. The molecule has 3 N–H and O–H groups in total. The molecule has 1 fully saturated rings. The highest BCUT2D eigenvalue weighted by atomic mass is 35.5. The Kier molecular flexibility index (Phi) is 5.44. The number of hydrogen-bond donors (Lipinski definition) is 2. The van der Waals surface area contributed by atoms with E-state index >= 15 is 0 Å². The van der Waals surface area contributed by atoms with Crippen molar-refractivity contribution < 1.29 is 9.13 Å². The number of halogens is 2. The Balaban J connectivity index is 1.77. The maximum atomic E-state index is 13.2. The van der Waals surface area contributed by atoms with Crippen LogP contribution in [0.25, 0.3) is 0 Å². The summed E-state index contributed by atoms with van der Waals surface area (Å²) in [4.78, 5) is 10.3. The summed E-state index contributed by atoms with van der Waals surface area (Å²) in [6.07, 6.45) is 0. The van der Waals surface area contributed by atoms with E-state index in [4.69, 9.17) is 22.1 Å². The van der Waals surface area contributed by atoms with Crippen LogP contribution in [0.1, 0.15) is 11.6 Å². The van der Waals surface area contributed by atoms with E-state index in [1.54, 1.807) is 18.2 Å². The third-order valence-electron chi connectivity index (χ3n) is 3.93. The third kappa shape index (κ3) is 4.31. The van der Waals surface area contributed by atoms with Crippen LogP contribution in [-0.2, 0) is 4.74 Å². The lowest BCUT2D eigenvalue weighted by Crippen LogP contribution is -2.41. The standard InChI is InChI=1S/C16H19ClFN5O/c17-14-9-15(22-16(19)21-14)20-10-13(23-5-7-24-8-6-23)11-1-3-12(18)4-2-11/h1-4,9,13H,5-8,10H2,(H3,19,20,21,22). The number of hydrogen-bond acceptors (Lipinski definition) is 6. The first kappa shape index (κ1) is 16.9. The Bertz CT molecular complexity index is 658. The first-order valence-electron chi connectivity index (χ1n) is 7.73. The van der Waals surface area contributed by atoms with Crippen LogP contribution in [0.2, 0.25) is 5.15 Å². The largest absolute Gasteiger partial charge is 0.379 e. The monoisotopic (exact) mass is 351 g/mol. The normalized spacial score (nSPS) is 16.8. The number of anilines is 2. The van der Waals surface area contributed by atoms with Crippen molar-refractivity contribution in [1.82, 2.24) is 14.9 Å². The van der Waals surface area contributed by atoms with Gasteiger partial charge in [0.25, 0.3) is 0 Å². The number of nitrogen functional groups attached to an aromatic ring is 1. The Morgan fingerprint density at radius 1 is 1.25 bits per heavy atom. The predicted molar refractivity (Wildman–Crippen MR) is 91.5 cm³/mol. The fraction of sp³-hybridized carbons (Fsp3) is 0.375. The van der Waals surface area contributed by atoms with Crippen LogP contribution < -0.4 is 11.1 Å². The Labute approximate surface area is 144 Å². The molecular weight excluding hydrogens is 333 g/mol. The van der Waals surface area contributed by atoms with E-state index in [2.05, 4.69) is 20.2 Å². The summed E-state index contributed by atoms with van der Waals surface area (Å²) in [6.45, 7) is 3.58. The second-order valence-corrected chi connectivity index (χ2v) is 5.92. The summed E-state index contributed by atoms with van der Waals surface area (Å²) in [5.41, 5.74) is 6.65. The maximum Gasteiger partial charge on any atom is 0.223 e. The van der Waals surface area contributed by atoms with Crippen molar-refractivity contribution in [2.75, 3.05) is 43.9 Å². The van der Waals surface area contributed by atoms with Gasteiger partial charge in [0.1, 0.15) is 16.8 Å². The van der Waals surface area contributed by atoms with Crippen LogP contribution in [-0.4, -0.2) is 47.7 Å². The van der Waals surface area contributed by atoms with Gasteiger partial charge in [-0.15, -0.1) is 0 Å². The van der Waals surface area contributed by atoms with Crippen molar-refractivity contribution in [2.45, 2.75) is 6.04 Å². The molecule has 1 atom stereocenters. The van der Waals surface area contributed by atoms with Crippen LogP contribution in [0, 0.1) is 5.82 Å². The van der Waals surface area contributed by atoms with Gasteiger partial charge in [-0.2, -0.15) is 4.98 Å². The van der Waals surface area contributed by atoms with Gasteiger partial charge >= 0.3 is 0 Å². The molecule has 8 heteroatoms. The number of benzene rings is 1. The number of nitrogens with one attached hydrogen (secondary N) is 1. The summed E-state index contributed by atoms with van der Waals surface area (Å²) >= 11 is 5.91. The molecule has 6 nitrogen and oxygen atoms in total. The zero-order valence-electron chi connectivity index (χ0n) is 13.1. The average molecular weight is 352 g/mol. The highest BCUT2D eigenvalue weighted by molar-refractivity contribution is 6.29. The Morgan fingerprint density at radius 2 is 1.96 bits per heavy atom. The van der Waals surface area contributed by atoms with E-state index < -0.39 is 0 Å². The van der Waals surface area contributed by atoms with Crippen LogP contribution in [0.3, 0.4) is 0 Å². The molecule has 128 valence electrons. The maximum absolute atomic E-state index is 13.2. The molecule has 1 unspecified atom stereocenters. The van der Waals surface area contributed by atoms with Gasteiger partial charge in [0, 0.05) is 25.7 Å². The summed E-state index contributed by atoms with van der Waals surface area (Å²) in [5.74, 6) is 0.436. The molecule has 2 aromatic rings.